The van der Waals surface area contributed by atoms with Crippen LogP contribution in [-0.2, 0) is 17.6 Å². The lowest BCUT2D eigenvalue weighted by atomic mass is 10.1. The number of nitrogens with one attached hydrogen (secondary N) is 1. The van der Waals surface area contributed by atoms with Crippen LogP contribution in [0.3, 0.4) is 0 Å². The number of rotatable bonds is 8. The van der Waals surface area contributed by atoms with Crippen molar-refractivity contribution in [2.24, 2.45) is 0 Å². The maximum absolute atomic E-state index is 12.5. The number of anilines is 1. The minimum Gasteiger partial charge on any atom is -0.481 e. The third kappa shape index (κ3) is 5.25. The monoisotopic (exact) mass is 461 g/mol. The van der Waals surface area contributed by atoms with Gasteiger partial charge in [-0.05, 0) is 67.4 Å². The number of amides is 1. The van der Waals surface area contributed by atoms with Gasteiger partial charge in [0.1, 0.15) is 11.6 Å². The van der Waals surface area contributed by atoms with Gasteiger partial charge in [0, 0.05) is 17.8 Å². The van der Waals surface area contributed by atoms with E-state index in [1.807, 2.05) is 84.9 Å². The number of carbonyl (C=O) groups is 1. The van der Waals surface area contributed by atoms with Crippen LogP contribution < -0.4 is 10.1 Å². The van der Waals surface area contributed by atoms with Crippen molar-refractivity contribution in [3.05, 3.63) is 121 Å². The first kappa shape index (κ1) is 22.4. The van der Waals surface area contributed by atoms with E-state index >= 15 is 0 Å². The average Bonchev–Trinajstić information content (AvgIpc) is 3.28. The summed E-state index contributed by atoms with van der Waals surface area (Å²) in [5.74, 6) is 1.52. The first-order valence-corrected chi connectivity index (χ1v) is 11.8. The summed E-state index contributed by atoms with van der Waals surface area (Å²) in [6, 6.07) is 35.9. The molecular formula is C30H27N3O2. The molecule has 0 aliphatic carbocycles. The van der Waals surface area contributed by atoms with Gasteiger partial charge in [0.05, 0.1) is 11.0 Å². The lowest BCUT2D eigenvalue weighted by Gasteiger charge is -2.15. The maximum atomic E-state index is 12.5. The van der Waals surface area contributed by atoms with E-state index in [9.17, 15) is 4.79 Å². The molecule has 1 heterocycles. The number of hydrogen-bond acceptors (Lipinski definition) is 3. The summed E-state index contributed by atoms with van der Waals surface area (Å²) < 4.78 is 7.95. The first-order valence-electron chi connectivity index (χ1n) is 11.8. The number of aryl methyl sites for hydroxylation is 2. The Morgan fingerprint density at radius 3 is 2.23 bits per heavy atom. The molecule has 5 nitrogen and oxygen atoms in total. The van der Waals surface area contributed by atoms with Gasteiger partial charge in [-0.1, -0.05) is 60.7 Å². The second-order valence-electron chi connectivity index (χ2n) is 8.45. The zero-order valence-electron chi connectivity index (χ0n) is 19.6. The highest BCUT2D eigenvalue weighted by Gasteiger charge is 2.15. The number of carbonyl (C=O) groups excluding carboxylic acids is 1. The molecule has 1 atom stereocenters. The summed E-state index contributed by atoms with van der Waals surface area (Å²) in [7, 11) is 0. The van der Waals surface area contributed by atoms with Crippen LogP contribution in [-0.4, -0.2) is 21.6 Å². The van der Waals surface area contributed by atoms with Gasteiger partial charge in [0.15, 0.2) is 6.10 Å². The standard InChI is InChI=1S/C30H27N3O2/c1-22(35-26-12-6-3-7-13-26)30(34)31-24-19-16-23(17-20-24)18-21-29-32-27-14-8-9-15-28(27)33(29)25-10-4-2-5-11-25/h2-17,19-20,22H,18,21H2,1H3,(H,31,34)/t22-/m1/s1. The number of imidazole rings is 1. The average molecular weight is 462 g/mol. The van der Waals surface area contributed by atoms with Crippen molar-refractivity contribution in [3.63, 3.8) is 0 Å². The van der Waals surface area contributed by atoms with Crippen LogP contribution in [0.15, 0.2) is 109 Å². The molecule has 35 heavy (non-hydrogen) atoms. The molecule has 5 aromatic rings. The van der Waals surface area contributed by atoms with E-state index in [1.54, 1.807) is 6.92 Å². The minimum atomic E-state index is -0.594. The van der Waals surface area contributed by atoms with Crippen LogP contribution in [0.2, 0.25) is 0 Å². The number of aromatic nitrogens is 2. The van der Waals surface area contributed by atoms with Crippen molar-refractivity contribution >= 4 is 22.6 Å². The molecule has 5 rings (SSSR count). The predicted octanol–water partition coefficient (Wildman–Crippen LogP) is 6.22. The van der Waals surface area contributed by atoms with E-state index in [2.05, 4.69) is 34.1 Å². The normalized spacial score (nSPS) is 11.8. The Kier molecular flexibility index (Phi) is 6.57. The summed E-state index contributed by atoms with van der Waals surface area (Å²) in [4.78, 5) is 17.4. The van der Waals surface area contributed by atoms with Crippen molar-refractivity contribution < 1.29 is 9.53 Å². The molecule has 1 aromatic heterocycles. The summed E-state index contributed by atoms with van der Waals surface area (Å²) in [5, 5.41) is 2.93. The summed E-state index contributed by atoms with van der Waals surface area (Å²) in [5.41, 5.74) is 5.15. The number of hydrogen-bond donors (Lipinski definition) is 1. The van der Waals surface area contributed by atoms with Crippen molar-refractivity contribution in [3.8, 4) is 11.4 Å². The molecule has 5 heteroatoms. The van der Waals surface area contributed by atoms with Gasteiger partial charge in [-0.2, -0.15) is 0 Å². The molecule has 0 saturated heterocycles. The summed E-state index contributed by atoms with van der Waals surface area (Å²) in [6.07, 6.45) is 1.05. The molecule has 0 spiro atoms. The fourth-order valence-corrected chi connectivity index (χ4v) is 4.12. The van der Waals surface area contributed by atoms with E-state index < -0.39 is 6.10 Å². The van der Waals surface area contributed by atoms with Crippen LogP contribution in [0, 0.1) is 0 Å². The van der Waals surface area contributed by atoms with Gasteiger partial charge >= 0.3 is 0 Å². The van der Waals surface area contributed by atoms with Gasteiger partial charge in [-0.3, -0.25) is 9.36 Å². The van der Waals surface area contributed by atoms with Crippen LogP contribution >= 0.6 is 0 Å². The topological polar surface area (TPSA) is 56.1 Å². The highest BCUT2D eigenvalue weighted by atomic mass is 16.5. The van der Waals surface area contributed by atoms with Crippen molar-refractivity contribution in [1.29, 1.82) is 0 Å². The number of para-hydroxylation sites is 4. The van der Waals surface area contributed by atoms with Gasteiger partial charge in [-0.15, -0.1) is 0 Å². The van der Waals surface area contributed by atoms with Crippen molar-refractivity contribution in [1.82, 2.24) is 9.55 Å². The highest BCUT2D eigenvalue weighted by molar-refractivity contribution is 5.94. The zero-order valence-corrected chi connectivity index (χ0v) is 19.6. The Hall–Kier alpha value is -4.38. The molecular weight excluding hydrogens is 434 g/mol. The minimum absolute atomic E-state index is 0.182. The zero-order chi connectivity index (χ0) is 24.0. The molecule has 0 radical (unpaired) electrons. The number of fused-ring (bicyclic) bond motifs is 1. The molecule has 1 amide bonds. The van der Waals surface area contributed by atoms with Crippen LogP contribution in [0.5, 0.6) is 5.75 Å². The molecule has 174 valence electrons. The van der Waals surface area contributed by atoms with Crippen LogP contribution in [0.25, 0.3) is 16.7 Å². The summed E-state index contributed by atoms with van der Waals surface area (Å²) >= 11 is 0. The number of ether oxygens (including phenoxy) is 1. The Bertz CT molecular complexity index is 1410. The summed E-state index contributed by atoms with van der Waals surface area (Å²) in [6.45, 7) is 1.75. The fraction of sp³-hybridized carbons (Fsp3) is 0.133. The van der Waals surface area contributed by atoms with Gasteiger partial charge < -0.3 is 10.1 Å². The van der Waals surface area contributed by atoms with Gasteiger partial charge in [-0.25, -0.2) is 4.98 Å². The molecule has 4 aromatic carbocycles. The maximum Gasteiger partial charge on any atom is 0.265 e. The van der Waals surface area contributed by atoms with E-state index in [0.29, 0.717) is 5.75 Å². The second-order valence-corrected chi connectivity index (χ2v) is 8.45. The van der Waals surface area contributed by atoms with Crippen LogP contribution in [0.4, 0.5) is 5.69 Å². The first-order chi connectivity index (χ1) is 17.2. The predicted molar refractivity (Wildman–Crippen MR) is 140 cm³/mol. The smallest absolute Gasteiger partial charge is 0.265 e. The van der Waals surface area contributed by atoms with E-state index in [0.717, 1.165) is 41.1 Å². The Balaban J connectivity index is 1.25. The number of nitrogens with zero attached hydrogens (tertiary/aromatic N) is 2. The van der Waals surface area contributed by atoms with E-state index in [-0.39, 0.29) is 5.91 Å². The Morgan fingerprint density at radius 2 is 1.49 bits per heavy atom. The molecule has 0 saturated carbocycles. The van der Waals surface area contributed by atoms with Crippen molar-refractivity contribution in [2.75, 3.05) is 5.32 Å². The molecule has 0 unspecified atom stereocenters. The third-order valence-corrected chi connectivity index (χ3v) is 5.93. The largest absolute Gasteiger partial charge is 0.481 e. The second kappa shape index (κ2) is 10.3. The Morgan fingerprint density at radius 1 is 0.829 bits per heavy atom. The van der Waals surface area contributed by atoms with Crippen molar-refractivity contribution in [2.45, 2.75) is 25.9 Å². The SMILES string of the molecule is C[C@@H](Oc1ccccc1)C(=O)Nc1ccc(CCc2nc3ccccc3n2-c2ccccc2)cc1. The van der Waals surface area contributed by atoms with E-state index in [1.165, 1.54) is 5.56 Å². The fourth-order valence-electron chi connectivity index (χ4n) is 4.12. The van der Waals surface area contributed by atoms with Gasteiger partial charge in [0.2, 0.25) is 0 Å². The van der Waals surface area contributed by atoms with Crippen LogP contribution in [0.1, 0.15) is 18.3 Å². The molecule has 0 bridgehead atoms. The molecule has 0 fully saturated rings. The lowest BCUT2D eigenvalue weighted by molar-refractivity contribution is -0.122. The number of benzene rings is 4. The lowest BCUT2D eigenvalue weighted by Crippen LogP contribution is -2.30. The molecule has 0 aliphatic heterocycles. The molecule has 1 N–H and O–H groups in total. The quantitative estimate of drug-likeness (QED) is 0.299. The van der Waals surface area contributed by atoms with Gasteiger partial charge in [0.25, 0.3) is 5.91 Å². The molecule has 0 aliphatic rings. The third-order valence-electron chi connectivity index (χ3n) is 5.93. The Labute approximate surface area is 205 Å². The van der Waals surface area contributed by atoms with E-state index in [4.69, 9.17) is 9.72 Å². The highest BCUT2D eigenvalue weighted by Crippen LogP contribution is 2.23.